The summed E-state index contributed by atoms with van der Waals surface area (Å²) in [4.78, 5) is 0. The minimum Gasteiger partial charge on any atom is -0.392 e. The highest BCUT2D eigenvalue weighted by atomic mass is 35.5. The minimum atomic E-state index is -0.332. The molecule has 1 rings (SSSR count). The number of rotatable bonds is 2. The van der Waals surface area contributed by atoms with Crippen molar-refractivity contribution in [1.29, 1.82) is 0 Å². The first-order chi connectivity index (χ1) is 6.39. The van der Waals surface area contributed by atoms with E-state index in [9.17, 15) is 5.11 Å². The molecule has 1 N–H and O–H groups in total. The molecule has 0 aliphatic carbocycles. The van der Waals surface area contributed by atoms with Crippen LogP contribution in [0.25, 0.3) is 0 Å². The van der Waals surface area contributed by atoms with Gasteiger partial charge in [0.15, 0.2) is 0 Å². The van der Waals surface area contributed by atoms with Crippen LogP contribution in [0.2, 0.25) is 5.02 Å². The normalized spacial score (nSPS) is 14.1. The zero-order valence-electron chi connectivity index (χ0n) is 8.92. The maximum Gasteiger partial charge on any atom is 0.0628 e. The van der Waals surface area contributed by atoms with Crippen LogP contribution in [0.3, 0.4) is 0 Å². The molecule has 0 saturated heterocycles. The lowest BCUT2D eigenvalue weighted by Gasteiger charge is -2.25. The van der Waals surface area contributed by atoms with Crippen molar-refractivity contribution in [2.45, 2.75) is 33.3 Å². The summed E-state index contributed by atoms with van der Waals surface area (Å²) in [7, 11) is 0. The number of aliphatic hydroxyl groups excluding tert-OH is 1. The summed E-state index contributed by atoms with van der Waals surface area (Å²) in [6, 6.07) is 7.64. The number of benzene rings is 1. The van der Waals surface area contributed by atoms with Gasteiger partial charge in [-0.25, -0.2) is 0 Å². The molecule has 0 spiro atoms. The molecule has 0 fully saturated rings. The van der Waals surface area contributed by atoms with Crippen LogP contribution in [0.5, 0.6) is 0 Å². The molecule has 0 aliphatic heterocycles. The van der Waals surface area contributed by atoms with Crippen LogP contribution in [0.4, 0.5) is 0 Å². The zero-order chi connectivity index (χ0) is 10.8. The van der Waals surface area contributed by atoms with Crippen molar-refractivity contribution in [3.63, 3.8) is 0 Å². The topological polar surface area (TPSA) is 20.2 Å². The summed E-state index contributed by atoms with van der Waals surface area (Å²) < 4.78 is 0. The van der Waals surface area contributed by atoms with Crippen LogP contribution in [-0.2, 0) is 6.42 Å². The van der Waals surface area contributed by atoms with Crippen molar-refractivity contribution in [3.05, 3.63) is 34.9 Å². The van der Waals surface area contributed by atoms with Crippen LogP contribution in [0, 0.1) is 5.41 Å². The molecule has 1 unspecified atom stereocenters. The predicted molar refractivity (Wildman–Crippen MR) is 60.6 cm³/mol. The van der Waals surface area contributed by atoms with E-state index in [2.05, 4.69) is 0 Å². The van der Waals surface area contributed by atoms with Gasteiger partial charge >= 0.3 is 0 Å². The van der Waals surface area contributed by atoms with Crippen molar-refractivity contribution in [2.24, 2.45) is 5.41 Å². The molecule has 1 aromatic rings. The molecule has 2 heteroatoms. The number of halogens is 1. The molecule has 0 radical (unpaired) electrons. The highest BCUT2D eigenvalue weighted by molar-refractivity contribution is 6.30. The molecule has 0 bridgehead atoms. The third kappa shape index (κ3) is 3.32. The lowest BCUT2D eigenvalue weighted by molar-refractivity contribution is 0.0636. The average molecular weight is 213 g/mol. The molecule has 0 aromatic heterocycles. The Bertz CT molecular complexity index is 301. The molecule has 1 nitrogen and oxygen atoms in total. The monoisotopic (exact) mass is 212 g/mol. The van der Waals surface area contributed by atoms with Crippen LogP contribution >= 0.6 is 11.6 Å². The number of hydrogen-bond acceptors (Lipinski definition) is 1. The number of hydrogen-bond donors (Lipinski definition) is 1. The molecule has 0 saturated carbocycles. The Morgan fingerprint density at radius 3 is 2.50 bits per heavy atom. The van der Waals surface area contributed by atoms with E-state index >= 15 is 0 Å². The van der Waals surface area contributed by atoms with E-state index in [4.69, 9.17) is 11.6 Å². The Kier molecular flexibility index (Phi) is 3.57. The first-order valence-electron chi connectivity index (χ1n) is 4.82. The molecular formula is C12H17ClO. The van der Waals surface area contributed by atoms with E-state index < -0.39 is 0 Å². The third-order valence-electron chi connectivity index (χ3n) is 2.32. The van der Waals surface area contributed by atoms with Gasteiger partial charge in [0.1, 0.15) is 0 Å². The van der Waals surface area contributed by atoms with Gasteiger partial charge in [0, 0.05) is 5.02 Å². The van der Waals surface area contributed by atoms with Gasteiger partial charge < -0.3 is 5.11 Å². The highest BCUT2D eigenvalue weighted by Crippen LogP contribution is 2.23. The zero-order valence-corrected chi connectivity index (χ0v) is 9.67. The van der Waals surface area contributed by atoms with Gasteiger partial charge in [0.05, 0.1) is 6.10 Å². The van der Waals surface area contributed by atoms with E-state index in [0.717, 1.165) is 10.6 Å². The van der Waals surface area contributed by atoms with Crippen LogP contribution in [-0.4, -0.2) is 11.2 Å². The van der Waals surface area contributed by atoms with Crippen molar-refractivity contribution in [2.75, 3.05) is 0 Å². The van der Waals surface area contributed by atoms with Gasteiger partial charge in [-0.05, 0) is 29.5 Å². The van der Waals surface area contributed by atoms with Gasteiger partial charge in [0.2, 0.25) is 0 Å². The van der Waals surface area contributed by atoms with Gasteiger partial charge in [0.25, 0.3) is 0 Å². The van der Waals surface area contributed by atoms with Crippen LogP contribution in [0.15, 0.2) is 24.3 Å². The smallest absolute Gasteiger partial charge is 0.0628 e. The van der Waals surface area contributed by atoms with Crippen LogP contribution in [0.1, 0.15) is 26.3 Å². The van der Waals surface area contributed by atoms with E-state index in [1.165, 1.54) is 0 Å². The second kappa shape index (κ2) is 4.33. The maximum absolute atomic E-state index is 9.89. The SMILES string of the molecule is CC(C)(C)C(O)Cc1cccc(Cl)c1. The van der Waals surface area contributed by atoms with Gasteiger partial charge in [-0.2, -0.15) is 0 Å². The summed E-state index contributed by atoms with van der Waals surface area (Å²) in [5, 5.41) is 10.6. The van der Waals surface area contributed by atoms with E-state index in [-0.39, 0.29) is 11.5 Å². The second-order valence-corrected chi connectivity index (χ2v) is 5.15. The molecule has 14 heavy (non-hydrogen) atoms. The predicted octanol–water partition coefficient (Wildman–Crippen LogP) is 3.29. The van der Waals surface area contributed by atoms with E-state index in [1.807, 2.05) is 45.0 Å². The fourth-order valence-corrected chi connectivity index (χ4v) is 1.41. The summed E-state index contributed by atoms with van der Waals surface area (Å²) in [6.07, 6.45) is 0.324. The van der Waals surface area contributed by atoms with Crippen LogP contribution < -0.4 is 0 Å². The van der Waals surface area contributed by atoms with Crippen molar-refractivity contribution < 1.29 is 5.11 Å². The third-order valence-corrected chi connectivity index (χ3v) is 2.55. The fraction of sp³-hybridized carbons (Fsp3) is 0.500. The summed E-state index contributed by atoms with van der Waals surface area (Å²) >= 11 is 5.86. The van der Waals surface area contributed by atoms with Crippen molar-refractivity contribution in [3.8, 4) is 0 Å². The molecule has 0 amide bonds. The van der Waals surface area contributed by atoms with Gasteiger partial charge in [-0.1, -0.05) is 44.5 Å². The number of aliphatic hydroxyl groups is 1. The molecule has 0 heterocycles. The second-order valence-electron chi connectivity index (χ2n) is 4.72. The Morgan fingerprint density at radius 1 is 1.36 bits per heavy atom. The molecule has 1 aromatic carbocycles. The molecule has 1 atom stereocenters. The fourth-order valence-electron chi connectivity index (χ4n) is 1.19. The Morgan fingerprint density at radius 2 is 2.00 bits per heavy atom. The first kappa shape index (κ1) is 11.5. The Labute approximate surface area is 90.7 Å². The van der Waals surface area contributed by atoms with E-state index in [0.29, 0.717) is 6.42 Å². The maximum atomic E-state index is 9.89. The average Bonchev–Trinajstić information content (AvgIpc) is 2.02. The van der Waals surface area contributed by atoms with Gasteiger partial charge in [-0.3, -0.25) is 0 Å². The summed E-state index contributed by atoms with van der Waals surface area (Å²) in [6.45, 7) is 6.09. The summed E-state index contributed by atoms with van der Waals surface area (Å²) in [5.74, 6) is 0. The Hall–Kier alpha value is -0.530. The molecule has 0 aliphatic rings. The Balaban J connectivity index is 2.70. The largest absolute Gasteiger partial charge is 0.392 e. The molecule has 78 valence electrons. The lowest BCUT2D eigenvalue weighted by Crippen LogP contribution is -2.28. The molecular weight excluding hydrogens is 196 g/mol. The highest BCUT2D eigenvalue weighted by Gasteiger charge is 2.21. The van der Waals surface area contributed by atoms with Gasteiger partial charge in [-0.15, -0.1) is 0 Å². The van der Waals surface area contributed by atoms with Crippen molar-refractivity contribution in [1.82, 2.24) is 0 Å². The lowest BCUT2D eigenvalue weighted by atomic mass is 9.85. The van der Waals surface area contributed by atoms with E-state index in [1.54, 1.807) is 0 Å². The standard InChI is InChI=1S/C12H17ClO/c1-12(2,3)11(14)8-9-5-4-6-10(13)7-9/h4-7,11,14H,8H2,1-3H3. The van der Waals surface area contributed by atoms with Crippen molar-refractivity contribution >= 4 is 11.6 Å². The first-order valence-corrected chi connectivity index (χ1v) is 5.20. The summed E-state index contributed by atoms with van der Waals surface area (Å²) in [5.41, 5.74) is 1.00. The quantitative estimate of drug-likeness (QED) is 0.798. The minimum absolute atomic E-state index is 0.0810.